The van der Waals surface area contributed by atoms with E-state index in [0.717, 1.165) is 6.04 Å². The first-order valence-electron chi connectivity index (χ1n) is 9.38. The fourth-order valence-corrected chi connectivity index (χ4v) is 4.18. The van der Waals surface area contributed by atoms with Gasteiger partial charge in [-0.15, -0.1) is 0 Å². The number of aryl methyl sites for hydroxylation is 1. The molecule has 22 heavy (non-hydrogen) atoms. The van der Waals surface area contributed by atoms with Gasteiger partial charge in [-0.1, -0.05) is 44.2 Å². The van der Waals surface area contributed by atoms with Crippen molar-refractivity contribution in [3.63, 3.8) is 0 Å². The third-order valence-corrected chi connectivity index (χ3v) is 5.51. The van der Waals surface area contributed by atoms with Gasteiger partial charge in [-0.2, -0.15) is 0 Å². The van der Waals surface area contributed by atoms with E-state index in [1.165, 1.54) is 82.1 Å². The highest BCUT2D eigenvalue weighted by atomic mass is 15.2. The lowest BCUT2D eigenvalue weighted by atomic mass is 9.93. The molecule has 2 fully saturated rings. The highest BCUT2D eigenvalue weighted by Gasteiger charge is 2.25. The van der Waals surface area contributed by atoms with Crippen molar-refractivity contribution >= 4 is 5.69 Å². The molecule has 1 aliphatic heterocycles. The molecular formula is C20H32N2. The van der Waals surface area contributed by atoms with Crippen molar-refractivity contribution in [2.24, 2.45) is 0 Å². The molecule has 2 aliphatic rings. The maximum absolute atomic E-state index is 3.74. The molecular weight excluding hydrogens is 268 g/mol. The topological polar surface area (TPSA) is 15.3 Å². The predicted molar refractivity (Wildman–Crippen MR) is 95.5 cm³/mol. The van der Waals surface area contributed by atoms with Gasteiger partial charge in [-0.05, 0) is 50.3 Å². The van der Waals surface area contributed by atoms with E-state index in [0.29, 0.717) is 6.04 Å². The third kappa shape index (κ3) is 4.49. The second kappa shape index (κ2) is 8.01. The number of hydrogen-bond donors (Lipinski definition) is 1. The molecule has 3 rings (SSSR count). The fraction of sp³-hybridized carbons (Fsp3) is 0.700. The van der Waals surface area contributed by atoms with Crippen molar-refractivity contribution in [2.45, 2.75) is 76.8 Å². The molecule has 0 atom stereocenters. The van der Waals surface area contributed by atoms with E-state index in [4.69, 9.17) is 0 Å². The van der Waals surface area contributed by atoms with Crippen molar-refractivity contribution in [3.05, 3.63) is 29.8 Å². The van der Waals surface area contributed by atoms with Gasteiger partial charge >= 0.3 is 0 Å². The normalized spacial score (nSPS) is 23.0. The number of benzene rings is 1. The molecule has 0 radical (unpaired) electrons. The molecule has 0 amide bonds. The van der Waals surface area contributed by atoms with E-state index in [-0.39, 0.29) is 0 Å². The molecule has 2 nitrogen and oxygen atoms in total. The van der Waals surface area contributed by atoms with Crippen LogP contribution in [0.4, 0.5) is 5.69 Å². The van der Waals surface area contributed by atoms with Crippen LogP contribution in [0.2, 0.25) is 0 Å². The van der Waals surface area contributed by atoms with Crippen LogP contribution in [-0.4, -0.2) is 30.1 Å². The van der Waals surface area contributed by atoms with Crippen molar-refractivity contribution in [3.8, 4) is 0 Å². The molecule has 1 saturated heterocycles. The van der Waals surface area contributed by atoms with E-state index in [2.05, 4.69) is 41.4 Å². The van der Waals surface area contributed by atoms with Crippen molar-refractivity contribution < 1.29 is 0 Å². The van der Waals surface area contributed by atoms with Crippen LogP contribution >= 0.6 is 0 Å². The average Bonchev–Trinajstić information content (AvgIpc) is 2.48. The molecule has 2 heteroatoms. The number of hydrogen-bond acceptors (Lipinski definition) is 2. The number of nitrogens with one attached hydrogen (secondary N) is 1. The maximum Gasteiger partial charge on any atom is 0.0344 e. The second-order valence-corrected chi connectivity index (χ2v) is 7.32. The minimum Gasteiger partial charge on any atom is -0.382 e. The zero-order valence-electron chi connectivity index (χ0n) is 14.2. The maximum atomic E-state index is 3.74. The highest BCUT2D eigenvalue weighted by molar-refractivity contribution is 5.46. The van der Waals surface area contributed by atoms with E-state index >= 15 is 0 Å². The summed E-state index contributed by atoms with van der Waals surface area (Å²) in [6, 6.07) is 10.3. The van der Waals surface area contributed by atoms with E-state index in [9.17, 15) is 0 Å². The van der Waals surface area contributed by atoms with Crippen LogP contribution in [0.1, 0.15) is 63.4 Å². The average molecular weight is 300 g/mol. The summed E-state index contributed by atoms with van der Waals surface area (Å²) >= 11 is 0. The zero-order chi connectivity index (χ0) is 15.2. The number of rotatable bonds is 3. The molecule has 0 aromatic heterocycles. The van der Waals surface area contributed by atoms with Crippen LogP contribution in [0.5, 0.6) is 0 Å². The Morgan fingerprint density at radius 1 is 0.909 bits per heavy atom. The summed E-state index contributed by atoms with van der Waals surface area (Å²) in [5.41, 5.74) is 2.64. The van der Waals surface area contributed by atoms with Gasteiger partial charge in [-0.3, -0.25) is 0 Å². The molecule has 122 valence electrons. The first-order valence-corrected chi connectivity index (χ1v) is 9.38. The van der Waals surface area contributed by atoms with Gasteiger partial charge in [0.15, 0.2) is 0 Å². The summed E-state index contributed by atoms with van der Waals surface area (Å²) in [6.45, 7) is 4.74. The van der Waals surface area contributed by atoms with E-state index in [1.54, 1.807) is 0 Å². The molecule has 1 aliphatic carbocycles. The molecule has 1 aromatic carbocycles. The second-order valence-electron chi connectivity index (χ2n) is 7.32. The lowest BCUT2D eigenvalue weighted by molar-refractivity contribution is 0.133. The number of anilines is 1. The highest BCUT2D eigenvalue weighted by Crippen LogP contribution is 2.25. The quantitative estimate of drug-likeness (QED) is 0.846. The molecule has 1 saturated carbocycles. The Hall–Kier alpha value is -1.02. The minimum atomic E-state index is 0.659. The van der Waals surface area contributed by atoms with Gasteiger partial charge in [-0.25, -0.2) is 0 Å². The van der Waals surface area contributed by atoms with E-state index in [1.807, 2.05) is 0 Å². The molecule has 0 spiro atoms. The first-order chi connectivity index (χ1) is 10.8. The third-order valence-electron chi connectivity index (χ3n) is 5.51. The number of piperidine rings is 1. The number of nitrogens with zero attached hydrogens (tertiary/aromatic N) is 1. The Labute approximate surface area is 136 Å². The SMILES string of the molecule is Cc1cccc(NC2CCN(C3CCCCCCC3)CC2)c1. The fourth-order valence-electron chi connectivity index (χ4n) is 4.18. The van der Waals surface area contributed by atoms with Crippen LogP contribution in [0.25, 0.3) is 0 Å². The Morgan fingerprint density at radius 3 is 2.27 bits per heavy atom. The monoisotopic (exact) mass is 300 g/mol. The first kappa shape index (κ1) is 15.9. The van der Waals surface area contributed by atoms with Crippen LogP contribution in [0.3, 0.4) is 0 Å². The molecule has 1 aromatic rings. The lowest BCUT2D eigenvalue weighted by Crippen LogP contribution is -2.44. The minimum absolute atomic E-state index is 0.659. The van der Waals surface area contributed by atoms with Gasteiger partial charge in [0, 0.05) is 30.9 Å². The number of likely N-dealkylation sites (tertiary alicyclic amines) is 1. The molecule has 0 unspecified atom stereocenters. The van der Waals surface area contributed by atoms with Crippen LogP contribution in [0.15, 0.2) is 24.3 Å². The summed E-state index contributed by atoms with van der Waals surface area (Å²) in [5.74, 6) is 0. The Kier molecular flexibility index (Phi) is 5.77. The van der Waals surface area contributed by atoms with Crippen LogP contribution in [-0.2, 0) is 0 Å². The van der Waals surface area contributed by atoms with Gasteiger partial charge in [0.05, 0.1) is 0 Å². The van der Waals surface area contributed by atoms with Crippen molar-refractivity contribution in [1.29, 1.82) is 0 Å². The smallest absolute Gasteiger partial charge is 0.0344 e. The van der Waals surface area contributed by atoms with Gasteiger partial charge in [0.1, 0.15) is 0 Å². The zero-order valence-corrected chi connectivity index (χ0v) is 14.2. The summed E-state index contributed by atoms with van der Waals surface area (Å²) in [5, 5.41) is 3.74. The Balaban J connectivity index is 1.47. The van der Waals surface area contributed by atoms with Crippen molar-refractivity contribution in [2.75, 3.05) is 18.4 Å². The molecule has 1 N–H and O–H groups in total. The van der Waals surface area contributed by atoms with Gasteiger partial charge in [0.25, 0.3) is 0 Å². The predicted octanol–water partition coefficient (Wildman–Crippen LogP) is 4.98. The largest absolute Gasteiger partial charge is 0.382 e. The summed E-state index contributed by atoms with van der Waals surface area (Å²) < 4.78 is 0. The van der Waals surface area contributed by atoms with Gasteiger partial charge in [0.2, 0.25) is 0 Å². The molecule has 0 bridgehead atoms. The van der Waals surface area contributed by atoms with Crippen LogP contribution < -0.4 is 5.32 Å². The van der Waals surface area contributed by atoms with E-state index < -0.39 is 0 Å². The molecule has 1 heterocycles. The van der Waals surface area contributed by atoms with Gasteiger partial charge < -0.3 is 10.2 Å². The Bertz CT molecular complexity index is 441. The standard InChI is InChI=1S/C20H32N2/c1-17-8-7-9-19(16-17)21-18-12-14-22(15-13-18)20-10-5-3-2-4-6-11-20/h7-9,16,18,20-21H,2-6,10-15H2,1H3. The summed E-state index contributed by atoms with van der Waals surface area (Å²) in [6.07, 6.45) is 12.8. The Morgan fingerprint density at radius 2 is 1.59 bits per heavy atom. The summed E-state index contributed by atoms with van der Waals surface area (Å²) in [7, 11) is 0. The van der Waals surface area contributed by atoms with Crippen molar-refractivity contribution in [1.82, 2.24) is 4.90 Å². The summed E-state index contributed by atoms with van der Waals surface area (Å²) in [4.78, 5) is 2.79. The van der Waals surface area contributed by atoms with Crippen LogP contribution in [0, 0.1) is 6.92 Å². The lowest BCUT2D eigenvalue weighted by Gasteiger charge is -2.39.